The number of aromatic nitrogens is 6. The molecule has 6 rings (SSSR count). The number of alkyl halides is 3. The number of benzene rings is 2. The van der Waals surface area contributed by atoms with Gasteiger partial charge in [-0.1, -0.05) is 24.3 Å². The molecule has 208 valence electrons. The molecule has 1 aliphatic carbocycles. The first-order chi connectivity index (χ1) is 19.6. The molecule has 1 atom stereocenters. The van der Waals surface area contributed by atoms with Crippen LogP contribution < -0.4 is 10.6 Å². The third-order valence-corrected chi connectivity index (χ3v) is 7.88. The van der Waals surface area contributed by atoms with Crippen molar-refractivity contribution in [1.29, 1.82) is 0 Å². The van der Waals surface area contributed by atoms with E-state index < -0.39 is 22.9 Å². The molecule has 0 bridgehead atoms. The van der Waals surface area contributed by atoms with Crippen molar-refractivity contribution in [3.05, 3.63) is 87.8 Å². The molecule has 5 aromatic rings. The SMILES string of the molecule is Cn1nnc(-c2ccc3c(c2)CC[C@@H]3NC(=O)c2cc(C(=O)NCc3ccc4cc(C(F)(F)F)sc4c3)ncn2)n1. The van der Waals surface area contributed by atoms with Crippen molar-refractivity contribution in [3.63, 3.8) is 0 Å². The molecule has 1 aliphatic rings. The summed E-state index contributed by atoms with van der Waals surface area (Å²) in [6.45, 7) is 0.0739. The molecule has 0 unspecified atom stereocenters. The summed E-state index contributed by atoms with van der Waals surface area (Å²) in [7, 11) is 1.70. The van der Waals surface area contributed by atoms with Crippen LogP contribution in [-0.4, -0.2) is 42.0 Å². The highest BCUT2D eigenvalue weighted by atomic mass is 32.1. The van der Waals surface area contributed by atoms with E-state index in [1.54, 1.807) is 25.2 Å². The van der Waals surface area contributed by atoms with Gasteiger partial charge in [-0.15, -0.1) is 21.5 Å². The first-order valence-electron chi connectivity index (χ1n) is 12.5. The molecular formula is C27H21F3N8O2S. The zero-order valence-corrected chi connectivity index (χ0v) is 22.3. The molecule has 0 fully saturated rings. The van der Waals surface area contributed by atoms with Crippen molar-refractivity contribution in [2.45, 2.75) is 31.6 Å². The summed E-state index contributed by atoms with van der Waals surface area (Å²) in [5.74, 6) is -0.458. The van der Waals surface area contributed by atoms with Crippen LogP contribution >= 0.6 is 11.3 Å². The summed E-state index contributed by atoms with van der Waals surface area (Å²) in [6, 6.07) is 12.9. The predicted octanol–water partition coefficient (Wildman–Crippen LogP) is 4.25. The standard InChI is InChI=1S/C27H21F3N8O2S/c1-38-36-24(35-37-38)17-4-6-18-15(9-17)5-7-19(18)34-26(40)21-11-20(32-13-33-21)25(39)31-12-14-2-3-16-10-23(27(28,29)30)41-22(16)8-14/h2-4,6,8-11,13,19H,5,7,12H2,1H3,(H,31,39)(H,34,40)/t19-/m0/s1. The fourth-order valence-corrected chi connectivity index (χ4v) is 5.74. The van der Waals surface area contributed by atoms with E-state index in [0.29, 0.717) is 39.2 Å². The minimum absolute atomic E-state index is 0.00496. The van der Waals surface area contributed by atoms with E-state index in [0.717, 1.165) is 35.5 Å². The number of hydrogen-bond donors (Lipinski definition) is 2. The van der Waals surface area contributed by atoms with Crippen molar-refractivity contribution in [3.8, 4) is 11.4 Å². The lowest BCUT2D eigenvalue weighted by Gasteiger charge is -2.14. The molecule has 2 aromatic carbocycles. The predicted molar refractivity (Wildman–Crippen MR) is 143 cm³/mol. The normalized spacial score (nSPS) is 14.7. The Morgan fingerprint density at radius 3 is 2.61 bits per heavy atom. The third-order valence-electron chi connectivity index (χ3n) is 6.74. The highest BCUT2D eigenvalue weighted by Crippen LogP contribution is 2.38. The molecular weight excluding hydrogens is 557 g/mol. The average Bonchev–Trinajstić information content (AvgIpc) is 3.69. The quantitative estimate of drug-likeness (QED) is 0.308. The van der Waals surface area contributed by atoms with E-state index in [9.17, 15) is 22.8 Å². The van der Waals surface area contributed by atoms with E-state index in [2.05, 4.69) is 36.0 Å². The molecule has 41 heavy (non-hydrogen) atoms. The van der Waals surface area contributed by atoms with Crippen molar-refractivity contribution < 1.29 is 22.8 Å². The number of carbonyl (C=O) groups is 2. The van der Waals surface area contributed by atoms with Gasteiger partial charge in [-0.3, -0.25) is 9.59 Å². The lowest BCUT2D eigenvalue weighted by Crippen LogP contribution is -2.29. The Morgan fingerprint density at radius 1 is 1.05 bits per heavy atom. The van der Waals surface area contributed by atoms with Gasteiger partial charge in [0.25, 0.3) is 11.8 Å². The van der Waals surface area contributed by atoms with Crippen LogP contribution in [-0.2, 0) is 26.2 Å². The molecule has 0 aliphatic heterocycles. The van der Waals surface area contributed by atoms with Gasteiger partial charge in [-0.25, -0.2) is 9.97 Å². The summed E-state index contributed by atoms with van der Waals surface area (Å²) in [5.41, 5.74) is 3.58. The number of fused-ring (bicyclic) bond motifs is 2. The Kier molecular flexibility index (Phi) is 6.69. The fraction of sp³-hybridized carbons (Fsp3) is 0.222. The number of nitrogens with zero attached hydrogens (tertiary/aromatic N) is 6. The molecule has 0 spiro atoms. The van der Waals surface area contributed by atoms with Crippen LogP contribution in [0.25, 0.3) is 21.5 Å². The highest BCUT2D eigenvalue weighted by molar-refractivity contribution is 7.19. The van der Waals surface area contributed by atoms with Crippen LogP contribution in [0.15, 0.2) is 54.9 Å². The number of halogens is 3. The number of rotatable bonds is 6. The first kappa shape index (κ1) is 26.5. The number of amides is 2. The molecule has 2 amide bonds. The monoisotopic (exact) mass is 578 g/mol. The third kappa shape index (κ3) is 5.50. The van der Waals surface area contributed by atoms with Crippen LogP contribution in [0.2, 0.25) is 0 Å². The number of aryl methyl sites for hydroxylation is 2. The number of thiophene rings is 1. The maximum atomic E-state index is 13.0. The Morgan fingerprint density at radius 2 is 1.85 bits per heavy atom. The van der Waals surface area contributed by atoms with Gasteiger partial charge < -0.3 is 10.6 Å². The van der Waals surface area contributed by atoms with Crippen LogP contribution in [0.4, 0.5) is 13.2 Å². The van der Waals surface area contributed by atoms with Gasteiger partial charge >= 0.3 is 6.18 Å². The molecule has 10 nitrogen and oxygen atoms in total. The van der Waals surface area contributed by atoms with E-state index in [1.807, 2.05) is 18.2 Å². The Bertz CT molecular complexity index is 1800. The lowest BCUT2D eigenvalue weighted by atomic mass is 10.0. The smallest absolute Gasteiger partial charge is 0.347 e. The molecule has 2 N–H and O–H groups in total. The van der Waals surface area contributed by atoms with Gasteiger partial charge in [0.15, 0.2) is 0 Å². The molecule has 3 heterocycles. The average molecular weight is 579 g/mol. The van der Waals surface area contributed by atoms with Crippen molar-refractivity contribution in [1.82, 2.24) is 40.8 Å². The Hall–Kier alpha value is -4.72. The number of hydrogen-bond acceptors (Lipinski definition) is 8. The maximum absolute atomic E-state index is 13.0. The van der Waals surface area contributed by atoms with Crippen LogP contribution in [0, 0.1) is 0 Å². The van der Waals surface area contributed by atoms with Crippen LogP contribution in [0.1, 0.15) is 55.0 Å². The summed E-state index contributed by atoms with van der Waals surface area (Å²) >= 11 is 0.652. The Balaban J connectivity index is 1.10. The minimum Gasteiger partial charge on any atom is -0.347 e. The van der Waals surface area contributed by atoms with Gasteiger partial charge in [0.1, 0.15) is 22.6 Å². The second kappa shape index (κ2) is 10.4. The van der Waals surface area contributed by atoms with Gasteiger partial charge in [0.05, 0.1) is 13.1 Å². The first-order valence-corrected chi connectivity index (χ1v) is 13.3. The molecule has 0 saturated heterocycles. The number of tetrazole rings is 1. The molecule has 3 aromatic heterocycles. The maximum Gasteiger partial charge on any atom is 0.425 e. The largest absolute Gasteiger partial charge is 0.425 e. The van der Waals surface area contributed by atoms with E-state index in [4.69, 9.17) is 0 Å². The summed E-state index contributed by atoms with van der Waals surface area (Å²) in [5, 5.41) is 18.3. The van der Waals surface area contributed by atoms with E-state index in [-0.39, 0.29) is 24.0 Å². The summed E-state index contributed by atoms with van der Waals surface area (Å²) in [6.07, 6.45) is -1.80. The van der Waals surface area contributed by atoms with Gasteiger partial charge in [0, 0.05) is 22.9 Å². The van der Waals surface area contributed by atoms with Crippen molar-refractivity contribution >= 4 is 33.2 Å². The zero-order valence-electron chi connectivity index (χ0n) is 21.4. The number of carbonyl (C=O) groups excluding carboxylic acids is 2. The van der Waals surface area contributed by atoms with Gasteiger partial charge in [0.2, 0.25) is 5.82 Å². The zero-order chi connectivity index (χ0) is 28.7. The molecule has 0 saturated carbocycles. The molecule has 0 radical (unpaired) electrons. The van der Waals surface area contributed by atoms with Crippen LogP contribution in [0.5, 0.6) is 0 Å². The second-order valence-corrected chi connectivity index (χ2v) is 10.6. The topological polar surface area (TPSA) is 128 Å². The van der Waals surface area contributed by atoms with E-state index in [1.165, 1.54) is 10.9 Å². The van der Waals surface area contributed by atoms with Crippen LogP contribution in [0.3, 0.4) is 0 Å². The summed E-state index contributed by atoms with van der Waals surface area (Å²) in [4.78, 5) is 34.5. The van der Waals surface area contributed by atoms with Crippen molar-refractivity contribution in [2.75, 3.05) is 0 Å². The van der Waals surface area contributed by atoms with E-state index >= 15 is 0 Å². The molecule has 14 heteroatoms. The highest BCUT2D eigenvalue weighted by Gasteiger charge is 2.32. The second-order valence-electron chi connectivity index (χ2n) is 9.53. The Labute approximate surface area is 234 Å². The number of nitrogens with one attached hydrogen (secondary N) is 2. The van der Waals surface area contributed by atoms with Gasteiger partial charge in [-0.2, -0.15) is 18.0 Å². The van der Waals surface area contributed by atoms with Crippen molar-refractivity contribution in [2.24, 2.45) is 7.05 Å². The lowest BCUT2D eigenvalue weighted by molar-refractivity contribution is -0.134. The fourth-order valence-electron chi connectivity index (χ4n) is 4.74. The minimum atomic E-state index is -4.41. The summed E-state index contributed by atoms with van der Waals surface area (Å²) < 4.78 is 39.5. The van der Waals surface area contributed by atoms with Gasteiger partial charge in [-0.05, 0) is 58.3 Å².